The Kier molecular flexibility index (Phi) is 17.6. The van der Waals surface area contributed by atoms with E-state index in [1.807, 2.05) is 0 Å². The quantitative estimate of drug-likeness (QED) is 0.146. The molecule has 2 saturated heterocycles. The summed E-state index contributed by atoms with van der Waals surface area (Å²) < 4.78 is 28.9. The van der Waals surface area contributed by atoms with Crippen molar-refractivity contribution < 1.29 is 38.4 Å². The van der Waals surface area contributed by atoms with E-state index in [0.717, 1.165) is 92.5 Å². The molecule has 3 aromatic heterocycles. The van der Waals surface area contributed by atoms with Gasteiger partial charge in [-0.15, -0.1) is 0 Å². The van der Waals surface area contributed by atoms with Crippen LogP contribution in [-0.4, -0.2) is 54.7 Å². The molecule has 9 aromatic rings. The van der Waals surface area contributed by atoms with Crippen molar-refractivity contribution in [2.45, 2.75) is 207 Å². The van der Waals surface area contributed by atoms with Gasteiger partial charge in [0, 0.05) is 68.8 Å². The van der Waals surface area contributed by atoms with Crippen molar-refractivity contribution in [3.63, 3.8) is 0 Å². The molecule has 5 aliphatic heterocycles. The monoisotopic (exact) mass is 1370 g/mol. The minimum absolute atomic E-state index is 0. The SMILES string of the molecule is CC(C)(C)c1ccc(C2=C(c3ccc(C(C)(C)C)cc3)c3nc2nc2[n-]c(nc4nc(nc5[n-]c(n3)c(-c3ccc(C(C)(C)C)cc3)c5-c3ccc(C(C)(C)C)cc3)C3=C4O[C@]4(CCCCO4)[C@@]4(CCCCO4)O3)c(-c3ccc(C(C)(C)C)cc3)c2-c2ccc(C(C)(C)C)cc2)cc1.[Zn+2]. The second kappa shape index (κ2) is 25.1. The van der Waals surface area contributed by atoms with Crippen LogP contribution in [0.1, 0.15) is 231 Å². The van der Waals surface area contributed by atoms with Crippen molar-refractivity contribution >= 4 is 45.3 Å². The van der Waals surface area contributed by atoms with Gasteiger partial charge in [0.1, 0.15) is 11.6 Å². The van der Waals surface area contributed by atoms with Crippen LogP contribution in [-0.2, 0) is 70.9 Å². The predicted molar refractivity (Wildman–Crippen MR) is 396 cm³/mol. The van der Waals surface area contributed by atoms with Crippen LogP contribution < -0.4 is 9.97 Å². The van der Waals surface area contributed by atoms with E-state index in [-0.39, 0.29) is 75.1 Å². The zero-order valence-electron chi connectivity index (χ0n) is 61.4. The first-order chi connectivity index (χ1) is 46.2. The molecular formula is C86H94N8O4Zn. The summed E-state index contributed by atoms with van der Waals surface area (Å²) in [7, 11) is 0. The molecule has 504 valence electrons. The summed E-state index contributed by atoms with van der Waals surface area (Å²) in [6.07, 6.45) is 4.48. The maximum atomic E-state index is 7.52. The molecule has 5 aliphatic rings. The van der Waals surface area contributed by atoms with Crippen LogP contribution in [0.4, 0.5) is 0 Å². The Morgan fingerprint density at radius 1 is 0.283 bits per heavy atom. The number of fused-ring (bicyclic) bond motifs is 11. The molecule has 0 radical (unpaired) electrons. The van der Waals surface area contributed by atoms with Crippen LogP contribution in [0.25, 0.3) is 89.8 Å². The molecule has 13 heteroatoms. The smallest absolute Gasteiger partial charge is 0.449 e. The minimum Gasteiger partial charge on any atom is -0.449 e. The third-order valence-electron chi connectivity index (χ3n) is 20.2. The van der Waals surface area contributed by atoms with Crippen LogP contribution in [0.5, 0.6) is 0 Å². The molecule has 8 bridgehead atoms. The van der Waals surface area contributed by atoms with Gasteiger partial charge in [-0.25, -0.2) is 9.97 Å². The largest absolute Gasteiger partial charge is 2.00 e. The molecule has 0 aliphatic carbocycles. The molecule has 99 heavy (non-hydrogen) atoms. The number of hydrogen-bond donors (Lipinski definition) is 0. The van der Waals surface area contributed by atoms with Gasteiger partial charge in [0.25, 0.3) is 11.6 Å². The zero-order chi connectivity index (χ0) is 69.3. The zero-order valence-corrected chi connectivity index (χ0v) is 64.4. The van der Waals surface area contributed by atoms with Crippen LogP contribution in [0.15, 0.2) is 146 Å². The van der Waals surface area contributed by atoms with E-state index in [0.29, 0.717) is 60.3 Å². The van der Waals surface area contributed by atoms with Crippen molar-refractivity contribution in [3.8, 4) is 44.5 Å². The van der Waals surface area contributed by atoms with Crippen LogP contribution in [0.3, 0.4) is 0 Å². The van der Waals surface area contributed by atoms with E-state index < -0.39 is 11.6 Å². The first-order valence-corrected chi connectivity index (χ1v) is 35.3. The second-order valence-corrected chi connectivity index (χ2v) is 33.7. The number of rotatable bonds is 6. The average Bonchev–Trinajstić information content (AvgIpc) is 1.70. The van der Waals surface area contributed by atoms with Gasteiger partial charge < -0.3 is 48.9 Å². The third kappa shape index (κ3) is 13.0. The Balaban J connectivity index is 0.00000880. The average molecular weight is 1370 g/mol. The molecule has 2 fully saturated rings. The second-order valence-electron chi connectivity index (χ2n) is 33.7. The summed E-state index contributed by atoms with van der Waals surface area (Å²) in [5, 5.41) is 0. The van der Waals surface area contributed by atoms with E-state index in [4.69, 9.17) is 58.8 Å². The summed E-state index contributed by atoms with van der Waals surface area (Å²) in [5.74, 6) is -0.748. The van der Waals surface area contributed by atoms with E-state index in [1.54, 1.807) is 0 Å². The summed E-state index contributed by atoms with van der Waals surface area (Å²) in [6.45, 7) is 41.3. The van der Waals surface area contributed by atoms with E-state index in [1.165, 1.54) is 33.4 Å². The number of nitrogens with zero attached hydrogens (tertiary/aromatic N) is 8. The Bertz CT molecular complexity index is 4490. The summed E-state index contributed by atoms with van der Waals surface area (Å²) in [5.41, 5.74) is 18.1. The fourth-order valence-corrected chi connectivity index (χ4v) is 14.2. The van der Waals surface area contributed by atoms with Crippen molar-refractivity contribution in [1.29, 1.82) is 0 Å². The van der Waals surface area contributed by atoms with E-state index in [2.05, 4.69) is 270 Å². The Labute approximate surface area is 598 Å². The molecule has 0 unspecified atom stereocenters. The third-order valence-corrected chi connectivity index (χ3v) is 20.2. The topological polar surface area (TPSA) is 142 Å². The van der Waals surface area contributed by atoms with Gasteiger partial charge in [-0.05, 0) is 125 Å². The molecular weight excluding hydrogens is 1270 g/mol. The number of benzene rings is 6. The first kappa shape index (κ1) is 69.3. The van der Waals surface area contributed by atoms with Gasteiger partial charge in [0.15, 0.2) is 11.5 Å². The Morgan fingerprint density at radius 3 is 0.727 bits per heavy atom. The molecule has 6 aromatic carbocycles. The predicted octanol–water partition coefficient (Wildman–Crippen LogP) is 20.3. The van der Waals surface area contributed by atoms with Crippen LogP contribution in [0, 0.1) is 0 Å². The van der Waals surface area contributed by atoms with Crippen molar-refractivity contribution in [1.82, 2.24) is 39.9 Å². The van der Waals surface area contributed by atoms with Crippen molar-refractivity contribution in [2.75, 3.05) is 13.2 Å². The summed E-state index contributed by atoms with van der Waals surface area (Å²) in [4.78, 5) is 45.8. The fourth-order valence-electron chi connectivity index (χ4n) is 14.2. The summed E-state index contributed by atoms with van der Waals surface area (Å²) >= 11 is 0. The molecule has 0 N–H and O–H groups in total. The number of aromatic nitrogens is 8. The minimum atomic E-state index is -1.31. The Hall–Kier alpha value is -8.22. The van der Waals surface area contributed by atoms with Gasteiger partial charge in [-0.3, -0.25) is 0 Å². The molecule has 0 amide bonds. The standard InChI is InChI=1S/C86H94N8O4.Zn/c1-79(2,3)57-35-23-51(24-36-57)63-64(52-25-37-58(38-26-52)80(4,5)6)72-87-71(63)88-73-65(53-27-39-59(40-28-53)81(7,8)9)67(55-31-43-61(44-32-55)83(13,14)15)75(90-73)92-77-69-70(98-86(48-20-22-50-96-86)85(97-69)47-19-21-49-95-85)78(94-77)93-76-68(56-33-45-62(46-34-56)84(16,17)18)66(74(89-72)91-76)54-29-41-60(42-30-54)82(10,11)12;/h23-46H,19-22,47-50H2,1-18H3;/q-2;+2/t85-,86-;/m1./s1. The maximum absolute atomic E-state index is 7.52. The van der Waals surface area contributed by atoms with Gasteiger partial charge >= 0.3 is 19.5 Å². The van der Waals surface area contributed by atoms with Gasteiger partial charge in [0.2, 0.25) is 0 Å². The fraction of sp³-hybridized carbons (Fsp3) is 0.395. The Morgan fingerprint density at radius 2 is 0.505 bits per heavy atom. The number of ether oxygens (including phenoxy) is 4. The van der Waals surface area contributed by atoms with E-state index >= 15 is 0 Å². The normalized spacial score (nSPS) is 18.5. The molecule has 14 rings (SSSR count). The molecule has 0 saturated carbocycles. The van der Waals surface area contributed by atoms with Gasteiger partial charge in [-0.2, -0.15) is 0 Å². The van der Waals surface area contributed by atoms with Crippen LogP contribution in [0.2, 0.25) is 0 Å². The number of hydrogen-bond acceptors (Lipinski definition) is 10. The molecule has 2 atom stereocenters. The molecule has 8 heterocycles. The molecule has 2 spiro atoms. The van der Waals surface area contributed by atoms with Crippen molar-refractivity contribution in [2.24, 2.45) is 0 Å². The van der Waals surface area contributed by atoms with Gasteiger partial charge in [0.05, 0.1) is 24.9 Å². The van der Waals surface area contributed by atoms with Gasteiger partial charge in [-0.1, -0.05) is 270 Å². The van der Waals surface area contributed by atoms with Crippen LogP contribution >= 0.6 is 0 Å². The summed E-state index contributed by atoms with van der Waals surface area (Å²) in [6, 6.07) is 52.9. The molecule has 12 nitrogen and oxygen atoms in total. The first-order valence-electron chi connectivity index (χ1n) is 35.3. The van der Waals surface area contributed by atoms with E-state index in [9.17, 15) is 0 Å². The van der Waals surface area contributed by atoms with Crippen molar-refractivity contribution in [3.05, 3.63) is 213 Å². The maximum Gasteiger partial charge on any atom is 2.00 e.